The average Bonchev–Trinajstić information content (AvgIpc) is 4.03. The molecule has 12 aromatic rings. The van der Waals surface area contributed by atoms with Crippen molar-refractivity contribution >= 4 is 60.7 Å². The van der Waals surface area contributed by atoms with E-state index < -0.39 is 17.3 Å². The van der Waals surface area contributed by atoms with Crippen LogP contribution in [0.5, 0.6) is 0 Å². The quantitative estimate of drug-likeness (QED) is 0.149. The molecule has 78 heavy (non-hydrogen) atoms. The standard InChI is InChI=1S/C67H33F3N8/c1-74-57-21-11-10-19-50(57)43-26-31-62-55(36-43)54-35-42(49-18-9-6-15-46(49)39-73)25-30-61(54)78(62)66-51(64-56(67(68,69)70)20-12-22-58(64)75-2)27-32-63(65(66)76-3)77-59-28-23-40(47-16-7-4-13-44(47)37-71)33-52(59)53-34-41(24-29-60(53)77)48-17-8-5-14-45(48)38-72/h4-36H. The van der Waals surface area contributed by atoms with Crippen molar-refractivity contribution in [2.24, 2.45) is 0 Å². The molecule has 0 aliphatic rings. The Bertz CT molecular complexity index is 4590. The first-order chi connectivity index (χ1) is 38.1. The van der Waals surface area contributed by atoms with Crippen LogP contribution in [0.1, 0.15) is 22.3 Å². The Morgan fingerprint density at radius 2 is 0.782 bits per heavy atom. The number of hydrogen-bond acceptors (Lipinski definition) is 3. The molecule has 0 aliphatic carbocycles. The molecule has 12 rings (SSSR count). The van der Waals surface area contributed by atoms with Crippen molar-refractivity contribution in [3.8, 4) is 85.2 Å². The van der Waals surface area contributed by atoms with E-state index >= 15 is 13.2 Å². The molecule has 362 valence electrons. The van der Waals surface area contributed by atoms with Crippen LogP contribution in [-0.2, 0) is 6.18 Å². The van der Waals surface area contributed by atoms with Gasteiger partial charge in [-0.3, -0.25) is 0 Å². The van der Waals surface area contributed by atoms with Gasteiger partial charge in [-0.05, 0) is 123 Å². The Morgan fingerprint density at radius 3 is 1.21 bits per heavy atom. The maximum absolute atomic E-state index is 15.6. The molecule has 0 aliphatic heterocycles. The van der Waals surface area contributed by atoms with Crippen LogP contribution in [0.4, 0.5) is 30.2 Å². The summed E-state index contributed by atoms with van der Waals surface area (Å²) in [7, 11) is 0. The normalized spacial score (nSPS) is 11.2. The summed E-state index contributed by atoms with van der Waals surface area (Å²) < 4.78 is 50.4. The van der Waals surface area contributed by atoms with Gasteiger partial charge < -0.3 is 9.13 Å². The summed E-state index contributed by atoms with van der Waals surface area (Å²) in [6, 6.07) is 65.3. The lowest BCUT2D eigenvalue weighted by Gasteiger charge is -2.23. The van der Waals surface area contributed by atoms with E-state index in [0.29, 0.717) is 94.3 Å². The zero-order chi connectivity index (χ0) is 53.8. The van der Waals surface area contributed by atoms with Gasteiger partial charge in [0.2, 0.25) is 5.69 Å². The van der Waals surface area contributed by atoms with E-state index in [1.165, 1.54) is 12.1 Å². The van der Waals surface area contributed by atoms with Gasteiger partial charge in [-0.1, -0.05) is 127 Å². The molecule has 8 nitrogen and oxygen atoms in total. The van der Waals surface area contributed by atoms with Gasteiger partial charge >= 0.3 is 6.18 Å². The summed E-state index contributed by atoms with van der Waals surface area (Å²) in [6.07, 6.45) is -4.92. The highest BCUT2D eigenvalue weighted by Crippen LogP contribution is 2.52. The fraction of sp³-hybridized carbons (Fsp3) is 0.0149. The molecule has 10 aromatic carbocycles. The van der Waals surface area contributed by atoms with Crippen LogP contribution < -0.4 is 0 Å². The van der Waals surface area contributed by atoms with E-state index in [-0.39, 0.29) is 22.6 Å². The maximum atomic E-state index is 15.6. The van der Waals surface area contributed by atoms with Crippen LogP contribution in [0.3, 0.4) is 0 Å². The second kappa shape index (κ2) is 18.8. The minimum atomic E-state index is -4.92. The van der Waals surface area contributed by atoms with Gasteiger partial charge in [0.1, 0.15) is 0 Å². The summed E-state index contributed by atoms with van der Waals surface area (Å²) in [5.74, 6) is 0. The molecule has 0 radical (unpaired) electrons. The number of nitrogens with zero attached hydrogens (tertiary/aromatic N) is 8. The SMILES string of the molecule is [C-]#[N+]c1ccccc1-c1ccc2c(c1)c1cc(-c3ccccc3C#N)ccc1n2-c1c(-c2c([N+]#[C-])cccc2C(F)(F)F)ccc(-n2c3ccc(-c4ccccc4C#N)cc3c3cc(-c4ccccc4C#N)ccc32)c1[N+]#[C-]. The predicted octanol–water partition coefficient (Wildman–Crippen LogP) is 18.5. The topological polar surface area (TPSA) is 94.3 Å². The van der Waals surface area contributed by atoms with Crippen LogP contribution in [0.2, 0.25) is 0 Å². The maximum Gasteiger partial charge on any atom is 0.415 e. The summed E-state index contributed by atoms with van der Waals surface area (Å²) in [6.45, 7) is 25.5. The lowest BCUT2D eigenvalue weighted by Crippen LogP contribution is -2.09. The van der Waals surface area contributed by atoms with Crippen LogP contribution in [0.15, 0.2) is 200 Å². The first-order valence-electron chi connectivity index (χ1n) is 24.3. The number of alkyl halides is 3. The molecule has 0 amide bonds. The van der Waals surface area contributed by atoms with E-state index in [1.807, 2.05) is 126 Å². The number of hydrogen-bond donors (Lipinski definition) is 0. The monoisotopic (exact) mass is 1010 g/mol. The first kappa shape index (κ1) is 47.5. The number of nitriles is 3. The summed E-state index contributed by atoms with van der Waals surface area (Å²) in [4.78, 5) is 11.8. The van der Waals surface area contributed by atoms with Gasteiger partial charge in [0, 0.05) is 27.1 Å². The number of aromatic nitrogens is 2. The highest BCUT2D eigenvalue weighted by molar-refractivity contribution is 6.15. The van der Waals surface area contributed by atoms with Crippen molar-refractivity contribution < 1.29 is 13.2 Å². The number of halogens is 3. The van der Waals surface area contributed by atoms with Crippen molar-refractivity contribution in [3.05, 3.63) is 257 Å². The van der Waals surface area contributed by atoms with Crippen molar-refractivity contribution in [2.75, 3.05) is 0 Å². The molecule has 11 heteroatoms. The molecule has 0 atom stereocenters. The molecule has 0 bridgehead atoms. The highest BCUT2D eigenvalue weighted by Gasteiger charge is 2.36. The van der Waals surface area contributed by atoms with Gasteiger partial charge in [-0.25, -0.2) is 14.5 Å². The fourth-order valence-electron chi connectivity index (χ4n) is 11.0. The Hall–Kier alpha value is -11.5. The van der Waals surface area contributed by atoms with E-state index in [1.54, 1.807) is 65.2 Å². The predicted molar refractivity (Wildman–Crippen MR) is 300 cm³/mol. The Balaban J connectivity index is 1.24. The Labute approximate surface area is 444 Å². The Morgan fingerprint density at radius 1 is 0.385 bits per heavy atom. The van der Waals surface area contributed by atoms with Gasteiger partial charge in [0.25, 0.3) is 0 Å². The minimum absolute atomic E-state index is 0.0182. The molecule has 2 heterocycles. The number of rotatable bonds is 7. The zero-order valence-corrected chi connectivity index (χ0v) is 40.8. The third kappa shape index (κ3) is 7.57. The van der Waals surface area contributed by atoms with Crippen molar-refractivity contribution in [3.63, 3.8) is 0 Å². The van der Waals surface area contributed by atoms with Gasteiger partial charge in [0.15, 0.2) is 11.4 Å². The lowest BCUT2D eigenvalue weighted by atomic mass is 9.94. The molecule has 0 unspecified atom stereocenters. The van der Waals surface area contributed by atoms with Crippen LogP contribution in [-0.4, -0.2) is 9.13 Å². The summed E-state index contributed by atoms with van der Waals surface area (Å²) >= 11 is 0. The van der Waals surface area contributed by atoms with Crippen LogP contribution in [0, 0.1) is 53.7 Å². The largest absolute Gasteiger partial charge is 0.415 e. The summed E-state index contributed by atoms with van der Waals surface area (Å²) in [5.41, 5.74) is 8.35. The van der Waals surface area contributed by atoms with E-state index in [2.05, 4.69) is 32.7 Å². The van der Waals surface area contributed by atoms with Gasteiger partial charge in [0.05, 0.1) is 93.6 Å². The molecule has 0 spiro atoms. The third-order valence-electron chi connectivity index (χ3n) is 14.4. The Kier molecular flexibility index (Phi) is 11.4. The van der Waals surface area contributed by atoms with Crippen molar-refractivity contribution in [1.82, 2.24) is 9.13 Å². The molecule has 2 aromatic heterocycles. The molecule has 0 saturated carbocycles. The lowest BCUT2D eigenvalue weighted by molar-refractivity contribution is -0.137. The number of para-hydroxylation sites is 1. The van der Waals surface area contributed by atoms with Crippen LogP contribution >= 0.6 is 0 Å². The highest BCUT2D eigenvalue weighted by atomic mass is 19.4. The van der Waals surface area contributed by atoms with Crippen LogP contribution in [0.25, 0.3) is 125 Å². The van der Waals surface area contributed by atoms with Gasteiger partial charge in [-0.15, -0.1) is 0 Å². The second-order valence-electron chi connectivity index (χ2n) is 18.5. The number of fused-ring (bicyclic) bond motifs is 6. The molecular weight excluding hydrogens is 974 g/mol. The minimum Gasteiger partial charge on any atom is -0.319 e. The molecule has 0 fully saturated rings. The second-order valence-corrected chi connectivity index (χ2v) is 18.5. The van der Waals surface area contributed by atoms with Gasteiger partial charge in [-0.2, -0.15) is 29.0 Å². The fourth-order valence-corrected chi connectivity index (χ4v) is 11.0. The summed E-state index contributed by atoms with van der Waals surface area (Å²) in [5, 5.41) is 33.4. The molecule has 0 saturated heterocycles. The smallest absolute Gasteiger partial charge is 0.319 e. The van der Waals surface area contributed by atoms with Crippen molar-refractivity contribution in [1.29, 1.82) is 15.8 Å². The average molecular weight is 1010 g/mol. The van der Waals surface area contributed by atoms with E-state index in [0.717, 1.165) is 28.0 Å². The molecule has 0 N–H and O–H groups in total. The zero-order valence-electron chi connectivity index (χ0n) is 40.8. The number of benzene rings is 10. The first-order valence-corrected chi connectivity index (χ1v) is 24.3. The van der Waals surface area contributed by atoms with Crippen molar-refractivity contribution in [2.45, 2.75) is 6.18 Å². The molecular formula is C67H33F3N8. The third-order valence-corrected chi connectivity index (χ3v) is 14.4. The van der Waals surface area contributed by atoms with E-state index in [4.69, 9.17) is 13.1 Å². The van der Waals surface area contributed by atoms with E-state index in [9.17, 15) is 22.4 Å².